The van der Waals surface area contributed by atoms with Crippen LogP contribution in [0.5, 0.6) is 0 Å². The standard InChI is InChI=1S/C18H18ClN7O2S/c1-11-13(14(27)21-12-5-3-2-4-6-12)29-18(20-11)25-16-22-15(19)23-17(24-16)26-7-9-28-10-8-26/h2-6H,7-10H2,1H3,(H,21,27)(H,20,22,23,24,25). The number of morpholine rings is 1. The number of halogens is 1. The fourth-order valence-corrected chi connectivity index (χ4v) is 3.78. The molecule has 4 rings (SSSR count). The third kappa shape index (κ3) is 4.78. The molecule has 1 aliphatic rings. The molecule has 11 heteroatoms. The van der Waals surface area contributed by atoms with Crippen LogP contribution >= 0.6 is 22.9 Å². The summed E-state index contributed by atoms with van der Waals surface area (Å²) in [4.78, 5) is 32.2. The van der Waals surface area contributed by atoms with Crippen molar-refractivity contribution >= 4 is 51.6 Å². The van der Waals surface area contributed by atoms with E-state index in [0.717, 1.165) is 5.69 Å². The molecular formula is C18H18ClN7O2S. The summed E-state index contributed by atoms with van der Waals surface area (Å²) in [6, 6.07) is 9.26. The molecule has 0 aliphatic carbocycles. The number of ether oxygens (including phenoxy) is 1. The van der Waals surface area contributed by atoms with Crippen molar-refractivity contribution in [2.24, 2.45) is 0 Å². The molecule has 0 atom stereocenters. The van der Waals surface area contributed by atoms with Gasteiger partial charge in [-0.15, -0.1) is 0 Å². The molecule has 0 bridgehead atoms. The predicted octanol–water partition coefficient (Wildman–Crippen LogP) is 3.12. The van der Waals surface area contributed by atoms with Gasteiger partial charge in [-0.25, -0.2) is 4.98 Å². The van der Waals surface area contributed by atoms with Crippen molar-refractivity contribution < 1.29 is 9.53 Å². The van der Waals surface area contributed by atoms with Crippen molar-refractivity contribution in [3.8, 4) is 0 Å². The quantitative estimate of drug-likeness (QED) is 0.634. The largest absolute Gasteiger partial charge is 0.378 e. The van der Waals surface area contributed by atoms with Crippen LogP contribution in [0.3, 0.4) is 0 Å². The highest BCUT2D eigenvalue weighted by atomic mass is 35.5. The highest BCUT2D eigenvalue weighted by molar-refractivity contribution is 7.17. The average molecular weight is 432 g/mol. The second-order valence-corrected chi connectivity index (χ2v) is 7.54. The summed E-state index contributed by atoms with van der Waals surface area (Å²) in [6.45, 7) is 4.36. The van der Waals surface area contributed by atoms with Crippen molar-refractivity contribution in [1.29, 1.82) is 0 Å². The number of aryl methyl sites for hydroxylation is 1. The number of hydrogen-bond donors (Lipinski definition) is 2. The first-order valence-electron chi connectivity index (χ1n) is 8.93. The van der Waals surface area contributed by atoms with Crippen LogP contribution in [0, 0.1) is 6.92 Å². The number of nitrogens with one attached hydrogen (secondary N) is 2. The first-order valence-corrected chi connectivity index (χ1v) is 10.1. The van der Waals surface area contributed by atoms with Gasteiger partial charge in [0.1, 0.15) is 4.88 Å². The van der Waals surface area contributed by atoms with Gasteiger partial charge in [0.25, 0.3) is 5.91 Å². The highest BCUT2D eigenvalue weighted by Gasteiger charge is 2.19. The van der Waals surface area contributed by atoms with E-state index in [4.69, 9.17) is 16.3 Å². The maximum absolute atomic E-state index is 12.6. The Morgan fingerprint density at radius 2 is 1.90 bits per heavy atom. The fourth-order valence-electron chi connectivity index (χ4n) is 2.77. The Bertz CT molecular complexity index is 1010. The van der Waals surface area contributed by atoms with E-state index in [2.05, 4.69) is 30.6 Å². The molecule has 1 aliphatic heterocycles. The second-order valence-electron chi connectivity index (χ2n) is 6.21. The van der Waals surface area contributed by atoms with Gasteiger partial charge in [0, 0.05) is 18.8 Å². The van der Waals surface area contributed by atoms with E-state index in [1.165, 1.54) is 11.3 Å². The number of rotatable bonds is 5. The van der Waals surface area contributed by atoms with Gasteiger partial charge < -0.3 is 15.0 Å². The van der Waals surface area contributed by atoms with E-state index in [1.807, 2.05) is 35.2 Å². The van der Waals surface area contributed by atoms with Crippen LogP contribution in [0.2, 0.25) is 5.28 Å². The van der Waals surface area contributed by atoms with Crippen molar-refractivity contribution in [3.05, 3.63) is 46.2 Å². The summed E-state index contributed by atoms with van der Waals surface area (Å²) < 4.78 is 5.35. The van der Waals surface area contributed by atoms with Crippen LogP contribution < -0.4 is 15.5 Å². The molecule has 150 valence electrons. The third-order valence-electron chi connectivity index (χ3n) is 4.14. The number of hydrogen-bond acceptors (Lipinski definition) is 9. The van der Waals surface area contributed by atoms with Gasteiger partial charge in [-0.3, -0.25) is 10.1 Å². The first kappa shape index (κ1) is 19.5. The van der Waals surface area contributed by atoms with E-state index in [1.54, 1.807) is 6.92 Å². The van der Waals surface area contributed by atoms with Gasteiger partial charge in [0.2, 0.25) is 17.2 Å². The van der Waals surface area contributed by atoms with E-state index in [0.29, 0.717) is 48.0 Å². The normalized spacial score (nSPS) is 13.9. The van der Waals surface area contributed by atoms with Crippen LogP contribution in [-0.4, -0.2) is 52.1 Å². The molecule has 2 N–H and O–H groups in total. The number of carbonyl (C=O) groups excluding carboxylic acids is 1. The van der Waals surface area contributed by atoms with Gasteiger partial charge >= 0.3 is 0 Å². The van der Waals surface area contributed by atoms with Crippen LogP contribution in [0.25, 0.3) is 0 Å². The lowest BCUT2D eigenvalue weighted by molar-refractivity contribution is 0.103. The van der Waals surface area contributed by atoms with Gasteiger partial charge in [-0.2, -0.15) is 15.0 Å². The Hall–Kier alpha value is -2.82. The van der Waals surface area contributed by atoms with Gasteiger partial charge in [-0.1, -0.05) is 29.5 Å². The van der Waals surface area contributed by atoms with Gasteiger partial charge in [0.15, 0.2) is 5.13 Å². The number of amides is 1. The summed E-state index contributed by atoms with van der Waals surface area (Å²) >= 11 is 7.29. The summed E-state index contributed by atoms with van der Waals surface area (Å²) in [5, 5.41) is 6.47. The lowest BCUT2D eigenvalue weighted by atomic mass is 10.3. The monoisotopic (exact) mass is 431 g/mol. The molecule has 0 radical (unpaired) electrons. The molecule has 29 heavy (non-hydrogen) atoms. The van der Waals surface area contributed by atoms with Crippen LogP contribution in [0.1, 0.15) is 15.4 Å². The van der Waals surface area contributed by atoms with E-state index in [9.17, 15) is 4.79 Å². The Morgan fingerprint density at radius 1 is 1.14 bits per heavy atom. The Kier molecular flexibility index (Phi) is 5.84. The first-order chi connectivity index (χ1) is 14.1. The molecule has 0 saturated carbocycles. The summed E-state index contributed by atoms with van der Waals surface area (Å²) in [7, 11) is 0. The number of benzene rings is 1. The minimum Gasteiger partial charge on any atom is -0.378 e. The fraction of sp³-hybridized carbons (Fsp3) is 0.278. The van der Waals surface area contributed by atoms with Crippen LogP contribution in [0.15, 0.2) is 30.3 Å². The SMILES string of the molecule is Cc1nc(Nc2nc(Cl)nc(N3CCOCC3)n2)sc1C(=O)Nc1ccccc1. The Labute approximate surface area is 176 Å². The molecule has 1 amide bonds. The third-order valence-corrected chi connectivity index (χ3v) is 5.38. The number of aromatic nitrogens is 4. The molecule has 0 unspecified atom stereocenters. The lowest BCUT2D eigenvalue weighted by Gasteiger charge is -2.26. The Morgan fingerprint density at radius 3 is 2.66 bits per heavy atom. The number of thiazole rings is 1. The molecule has 1 fully saturated rings. The molecule has 3 aromatic rings. The number of para-hydroxylation sites is 1. The number of anilines is 4. The van der Waals surface area contributed by atoms with Gasteiger partial charge in [0.05, 0.1) is 18.9 Å². The van der Waals surface area contributed by atoms with Crippen LogP contribution in [-0.2, 0) is 4.74 Å². The minimum atomic E-state index is -0.220. The maximum Gasteiger partial charge on any atom is 0.267 e. The van der Waals surface area contributed by atoms with Crippen LogP contribution in [0.4, 0.5) is 22.7 Å². The zero-order valence-corrected chi connectivity index (χ0v) is 17.1. The molecule has 1 aromatic carbocycles. The molecule has 0 spiro atoms. The molecule has 9 nitrogen and oxygen atoms in total. The molecule has 2 aromatic heterocycles. The lowest BCUT2D eigenvalue weighted by Crippen LogP contribution is -2.37. The average Bonchev–Trinajstić information content (AvgIpc) is 3.09. The van der Waals surface area contributed by atoms with Crippen molar-refractivity contribution in [2.45, 2.75) is 6.92 Å². The van der Waals surface area contributed by atoms with E-state index < -0.39 is 0 Å². The number of nitrogens with zero attached hydrogens (tertiary/aromatic N) is 5. The highest BCUT2D eigenvalue weighted by Crippen LogP contribution is 2.26. The van der Waals surface area contributed by atoms with Crippen molar-refractivity contribution in [2.75, 3.05) is 41.8 Å². The summed E-state index contributed by atoms with van der Waals surface area (Å²) in [6.07, 6.45) is 0. The van der Waals surface area contributed by atoms with Crippen molar-refractivity contribution in [3.63, 3.8) is 0 Å². The second kappa shape index (κ2) is 8.68. The zero-order valence-electron chi connectivity index (χ0n) is 15.6. The maximum atomic E-state index is 12.6. The minimum absolute atomic E-state index is 0.0827. The topological polar surface area (TPSA) is 105 Å². The van der Waals surface area contributed by atoms with E-state index in [-0.39, 0.29) is 17.1 Å². The zero-order chi connectivity index (χ0) is 20.2. The summed E-state index contributed by atoms with van der Waals surface area (Å²) in [5.74, 6) is 0.531. The predicted molar refractivity (Wildman–Crippen MR) is 112 cm³/mol. The summed E-state index contributed by atoms with van der Waals surface area (Å²) in [5.41, 5.74) is 1.33. The van der Waals surface area contributed by atoms with Gasteiger partial charge in [-0.05, 0) is 30.7 Å². The Balaban J connectivity index is 1.51. The van der Waals surface area contributed by atoms with Crippen molar-refractivity contribution in [1.82, 2.24) is 19.9 Å². The smallest absolute Gasteiger partial charge is 0.267 e. The molecular weight excluding hydrogens is 414 g/mol. The molecule has 1 saturated heterocycles. The molecule has 3 heterocycles. The number of carbonyl (C=O) groups is 1. The van der Waals surface area contributed by atoms with E-state index >= 15 is 0 Å².